The van der Waals surface area contributed by atoms with Crippen LogP contribution < -0.4 is 10.6 Å². The van der Waals surface area contributed by atoms with E-state index in [4.69, 9.17) is 9.47 Å². The monoisotopic (exact) mass is 548 g/mol. The molecule has 7 atom stereocenters. The number of likely N-dealkylation sites (tertiary alicyclic amines) is 1. The summed E-state index contributed by atoms with van der Waals surface area (Å²) in [6.45, 7) is 6.76. The Labute approximate surface area is 233 Å². The van der Waals surface area contributed by atoms with Crippen molar-refractivity contribution in [2.24, 2.45) is 11.8 Å². The molecule has 1 aromatic carbocycles. The highest BCUT2D eigenvalue weighted by molar-refractivity contribution is 5.81. The van der Waals surface area contributed by atoms with E-state index < -0.39 is 24.2 Å². The summed E-state index contributed by atoms with van der Waals surface area (Å²) in [4.78, 5) is 42.5. The Hall–Kier alpha value is -2.53. The minimum atomic E-state index is -0.812. The quantitative estimate of drug-likeness (QED) is 0.287. The van der Waals surface area contributed by atoms with Crippen molar-refractivity contribution in [2.45, 2.75) is 70.4 Å². The summed E-state index contributed by atoms with van der Waals surface area (Å²) in [6, 6.07) is 8.65. The summed E-state index contributed by atoms with van der Waals surface area (Å²) < 4.78 is 11.5. The van der Waals surface area contributed by atoms with Crippen molar-refractivity contribution in [1.82, 2.24) is 20.4 Å². The van der Waals surface area contributed by atoms with Gasteiger partial charge in [0.05, 0.1) is 49.3 Å². The van der Waals surface area contributed by atoms with Crippen molar-refractivity contribution in [3.63, 3.8) is 0 Å². The number of likely N-dealkylation sites (N-methyl/N-ethyl adjacent to an activating group) is 2. The van der Waals surface area contributed by atoms with Gasteiger partial charge in [0.2, 0.25) is 17.7 Å². The fraction of sp³-hybridized carbons (Fsp3) is 0.690. The molecule has 0 aromatic heterocycles. The van der Waals surface area contributed by atoms with Crippen LogP contribution in [0.1, 0.15) is 51.7 Å². The van der Waals surface area contributed by atoms with Gasteiger partial charge in [0.1, 0.15) is 0 Å². The molecule has 1 aliphatic rings. The number of hydrogen-bond donors (Lipinski definition) is 3. The van der Waals surface area contributed by atoms with E-state index in [1.165, 1.54) is 0 Å². The number of carbonyl (C=O) groups excluding carboxylic acids is 3. The second kappa shape index (κ2) is 15.9. The number of nitrogens with zero attached hydrogens (tertiary/aromatic N) is 2. The normalized spacial score (nSPS) is 19.7. The SMILES string of the molecule is CCC(C)C(C(CC(=O)N1CCC1C(OC)C(C)C(=O)NCC(O)c1ccccc1)OC)N(C)C(=O)CNC. The molecule has 1 heterocycles. The van der Waals surface area contributed by atoms with Crippen molar-refractivity contribution >= 4 is 17.7 Å². The molecule has 3 N–H and O–H groups in total. The van der Waals surface area contributed by atoms with Crippen molar-refractivity contribution < 1.29 is 29.0 Å². The third kappa shape index (κ3) is 8.48. The van der Waals surface area contributed by atoms with E-state index >= 15 is 0 Å². The molecule has 10 nitrogen and oxygen atoms in total. The summed E-state index contributed by atoms with van der Waals surface area (Å²) in [5.74, 6) is -0.796. The molecular formula is C29H48N4O6. The molecule has 0 bridgehead atoms. The van der Waals surface area contributed by atoms with E-state index in [2.05, 4.69) is 24.5 Å². The summed E-state index contributed by atoms with van der Waals surface area (Å²) in [5, 5.41) is 16.1. The summed E-state index contributed by atoms with van der Waals surface area (Å²) >= 11 is 0. The molecular weight excluding hydrogens is 500 g/mol. The molecule has 1 saturated heterocycles. The van der Waals surface area contributed by atoms with E-state index in [9.17, 15) is 19.5 Å². The standard InChI is InChI=1S/C29H48N4O6/c1-8-19(2)27(32(5)26(36)18-30-4)24(38-6)16-25(35)33-15-14-22(33)28(39-7)20(3)29(37)31-17-23(34)21-12-10-9-11-13-21/h9-13,19-20,22-24,27-28,30,34H,8,14-18H2,1-7H3,(H,31,37). The molecule has 10 heteroatoms. The topological polar surface area (TPSA) is 120 Å². The summed E-state index contributed by atoms with van der Waals surface area (Å²) in [6.07, 6.45) is -0.100. The molecule has 0 aliphatic carbocycles. The van der Waals surface area contributed by atoms with Gasteiger partial charge in [-0.2, -0.15) is 0 Å². The Kier molecular flexibility index (Phi) is 13.3. The van der Waals surface area contributed by atoms with Gasteiger partial charge in [-0.25, -0.2) is 0 Å². The van der Waals surface area contributed by atoms with Crippen molar-refractivity contribution in [2.75, 3.05) is 47.9 Å². The van der Waals surface area contributed by atoms with Gasteiger partial charge >= 0.3 is 0 Å². The molecule has 7 unspecified atom stereocenters. The van der Waals surface area contributed by atoms with Crippen LogP contribution in [-0.2, 0) is 23.9 Å². The Morgan fingerprint density at radius 3 is 2.33 bits per heavy atom. The molecule has 2 rings (SSSR count). The molecule has 220 valence electrons. The van der Waals surface area contributed by atoms with Crippen LogP contribution in [0.4, 0.5) is 0 Å². The third-order valence-corrected chi connectivity index (χ3v) is 8.05. The second-order valence-corrected chi connectivity index (χ2v) is 10.5. The maximum Gasteiger partial charge on any atom is 0.236 e. The minimum absolute atomic E-state index is 0.0595. The Balaban J connectivity index is 2.04. The van der Waals surface area contributed by atoms with Crippen LogP contribution in [0.15, 0.2) is 30.3 Å². The number of benzene rings is 1. The van der Waals surface area contributed by atoms with Crippen LogP contribution in [0.25, 0.3) is 0 Å². The van der Waals surface area contributed by atoms with Gasteiger partial charge in [0, 0.05) is 34.4 Å². The molecule has 1 aliphatic heterocycles. The molecule has 0 spiro atoms. The lowest BCUT2D eigenvalue weighted by molar-refractivity contribution is -0.155. The Morgan fingerprint density at radius 1 is 1.15 bits per heavy atom. The zero-order valence-electron chi connectivity index (χ0n) is 24.6. The molecule has 0 radical (unpaired) electrons. The number of rotatable bonds is 16. The molecule has 39 heavy (non-hydrogen) atoms. The zero-order chi connectivity index (χ0) is 29.1. The number of carbonyl (C=O) groups is 3. The van der Waals surface area contributed by atoms with Gasteiger partial charge in [-0.05, 0) is 24.9 Å². The maximum absolute atomic E-state index is 13.5. The first-order valence-corrected chi connectivity index (χ1v) is 13.9. The van der Waals surface area contributed by atoms with Gasteiger partial charge in [-0.1, -0.05) is 57.5 Å². The number of methoxy groups -OCH3 is 2. The second-order valence-electron chi connectivity index (χ2n) is 10.5. The Morgan fingerprint density at radius 2 is 1.82 bits per heavy atom. The predicted octanol–water partition coefficient (Wildman–Crippen LogP) is 1.59. The Bertz CT molecular complexity index is 916. The highest BCUT2D eigenvalue weighted by Crippen LogP contribution is 2.30. The lowest BCUT2D eigenvalue weighted by Gasteiger charge is -2.47. The minimum Gasteiger partial charge on any atom is -0.387 e. The number of hydrogen-bond acceptors (Lipinski definition) is 7. The van der Waals surface area contributed by atoms with Gasteiger partial charge in [0.15, 0.2) is 0 Å². The summed E-state index contributed by atoms with van der Waals surface area (Å²) in [7, 11) is 6.61. The smallest absolute Gasteiger partial charge is 0.236 e. The van der Waals surface area contributed by atoms with Crippen molar-refractivity contribution in [3.8, 4) is 0 Å². The van der Waals surface area contributed by atoms with Crippen molar-refractivity contribution in [3.05, 3.63) is 35.9 Å². The lowest BCUT2D eigenvalue weighted by Crippen LogP contribution is -2.61. The van der Waals surface area contributed by atoms with E-state index in [0.29, 0.717) is 6.54 Å². The van der Waals surface area contributed by atoms with E-state index in [0.717, 1.165) is 18.4 Å². The average Bonchev–Trinajstić information content (AvgIpc) is 2.92. The largest absolute Gasteiger partial charge is 0.387 e. The maximum atomic E-state index is 13.5. The molecule has 1 aromatic rings. The fourth-order valence-electron chi connectivity index (χ4n) is 5.37. The lowest BCUT2D eigenvalue weighted by atomic mass is 9.86. The van der Waals surface area contributed by atoms with Crippen LogP contribution in [0.3, 0.4) is 0 Å². The number of aliphatic hydroxyl groups excluding tert-OH is 1. The first kappa shape index (κ1) is 32.7. The third-order valence-electron chi connectivity index (χ3n) is 8.05. The van der Waals surface area contributed by atoms with Crippen molar-refractivity contribution in [1.29, 1.82) is 0 Å². The number of nitrogens with one attached hydrogen (secondary N) is 2. The van der Waals surface area contributed by atoms with Gasteiger partial charge in [-0.3, -0.25) is 14.4 Å². The number of ether oxygens (including phenoxy) is 2. The first-order chi connectivity index (χ1) is 18.6. The van der Waals surface area contributed by atoms with Crippen LogP contribution in [0.5, 0.6) is 0 Å². The number of aliphatic hydroxyl groups is 1. The summed E-state index contributed by atoms with van der Waals surface area (Å²) in [5.41, 5.74) is 0.728. The molecule has 1 fully saturated rings. The average molecular weight is 549 g/mol. The van der Waals surface area contributed by atoms with Gasteiger partial charge < -0.3 is 35.0 Å². The van der Waals surface area contributed by atoms with Gasteiger partial charge in [-0.15, -0.1) is 0 Å². The predicted molar refractivity (Wildman–Crippen MR) is 150 cm³/mol. The van der Waals surface area contributed by atoms with E-state index in [1.54, 1.807) is 45.0 Å². The zero-order valence-corrected chi connectivity index (χ0v) is 24.6. The fourth-order valence-corrected chi connectivity index (χ4v) is 5.37. The van der Waals surface area contributed by atoms with E-state index in [1.807, 2.05) is 30.3 Å². The molecule has 3 amide bonds. The van der Waals surface area contributed by atoms with Crippen LogP contribution in [0, 0.1) is 11.8 Å². The van der Waals surface area contributed by atoms with Gasteiger partial charge in [0.25, 0.3) is 0 Å². The highest BCUT2D eigenvalue weighted by Gasteiger charge is 2.44. The van der Waals surface area contributed by atoms with Crippen LogP contribution in [-0.4, -0.2) is 105 Å². The first-order valence-electron chi connectivity index (χ1n) is 13.9. The highest BCUT2D eigenvalue weighted by atomic mass is 16.5. The van der Waals surface area contributed by atoms with Crippen LogP contribution >= 0.6 is 0 Å². The van der Waals surface area contributed by atoms with Crippen LogP contribution in [0.2, 0.25) is 0 Å². The number of amides is 3. The molecule has 0 saturated carbocycles. The van der Waals surface area contributed by atoms with E-state index in [-0.39, 0.29) is 55.2 Å².